The van der Waals surface area contributed by atoms with Crippen LogP contribution >= 0.6 is 0 Å². The van der Waals surface area contributed by atoms with E-state index in [9.17, 15) is 0 Å². The molecule has 4 bridgehead atoms. The van der Waals surface area contributed by atoms with Crippen molar-refractivity contribution in [3.8, 4) is 0 Å². The number of hydrogen-bond acceptors (Lipinski definition) is 0. The molecule has 100 valence electrons. The van der Waals surface area contributed by atoms with E-state index in [1.54, 1.807) is 0 Å². The summed E-state index contributed by atoms with van der Waals surface area (Å²) in [4.78, 5) is 0. The Bertz CT molecular complexity index is 468. The average Bonchev–Trinajstić information content (AvgIpc) is 2.44. The molecule has 0 atom stereocenters. The number of allylic oxidation sites excluding steroid dienone is 1. The Morgan fingerprint density at radius 1 is 0.947 bits per heavy atom. The van der Waals surface area contributed by atoms with Crippen molar-refractivity contribution in [2.75, 3.05) is 0 Å². The van der Waals surface area contributed by atoms with Crippen LogP contribution in [0.5, 0.6) is 0 Å². The highest BCUT2D eigenvalue weighted by Gasteiger charge is 2.55. The van der Waals surface area contributed by atoms with Gasteiger partial charge in [-0.15, -0.1) is 0 Å². The summed E-state index contributed by atoms with van der Waals surface area (Å²) in [6.45, 7) is 7.07. The first-order chi connectivity index (χ1) is 9.18. The third kappa shape index (κ3) is 1.58. The van der Waals surface area contributed by atoms with Crippen LogP contribution in [0.15, 0.2) is 36.9 Å². The van der Waals surface area contributed by atoms with E-state index >= 15 is 0 Å². The van der Waals surface area contributed by atoms with Gasteiger partial charge in [-0.25, -0.2) is 0 Å². The highest BCUT2D eigenvalue weighted by molar-refractivity contribution is 5.69. The maximum absolute atomic E-state index is 4.54. The standard InChI is InChI=1S/C19H24/c1-13(16-6-4-3-5-7-16)19(2)17-9-14-8-15(11-17)12-18(19)10-14/h3-7,14-15,17-18H,1,8-12H2,2H3. The van der Waals surface area contributed by atoms with Crippen molar-refractivity contribution in [1.29, 1.82) is 0 Å². The smallest absolute Gasteiger partial charge is 0.00183 e. The second kappa shape index (κ2) is 3.98. The summed E-state index contributed by atoms with van der Waals surface area (Å²) in [7, 11) is 0. The molecule has 0 N–H and O–H groups in total. The van der Waals surface area contributed by atoms with Gasteiger partial charge in [0.05, 0.1) is 0 Å². The molecule has 0 heteroatoms. The van der Waals surface area contributed by atoms with Crippen LogP contribution in [0.4, 0.5) is 0 Å². The van der Waals surface area contributed by atoms with Crippen LogP contribution in [-0.4, -0.2) is 0 Å². The van der Waals surface area contributed by atoms with E-state index < -0.39 is 0 Å². The van der Waals surface area contributed by atoms with E-state index in [0.29, 0.717) is 5.41 Å². The third-order valence-corrected chi connectivity index (χ3v) is 6.61. The minimum atomic E-state index is 0.370. The minimum Gasteiger partial charge on any atom is -0.0947 e. The van der Waals surface area contributed by atoms with Crippen LogP contribution < -0.4 is 0 Å². The lowest BCUT2D eigenvalue weighted by atomic mass is 9.44. The Labute approximate surface area is 116 Å². The fourth-order valence-electron chi connectivity index (χ4n) is 5.61. The van der Waals surface area contributed by atoms with Crippen molar-refractivity contribution in [3.05, 3.63) is 42.5 Å². The highest BCUT2D eigenvalue weighted by atomic mass is 14.6. The second-order valence-electron chi connectivity index (χ2n) is 7.43. The van der Waals surface area contributed by atoms with Crippen LogP contribution in [0.25, 0.3) is 5.57 Å². The van der Waals surface area contributed by atoms with Crippen LogP contribution in [0.3, 0.4) is 0 Å². The van der Waals surface area contributed by atoms with Gasteiger partial charge in [0.15, 0.2) is 0 Å². The topological polar surface area (TPSA) is 0 Å². The number of hydrogen-bond donors (Lipinski definition) is 0. The Balaban J connectivity index is 1.72. The lowest BCUT2D eigenvalue weighted by Crippen LogP contribution is -2.51. The molecule has 1 aromatic carbocycles. The van der Waals surface area contributed by atoms with Gasteiger partial charge in [-0.3, -0.25) is 0 Å². The van der Waals surface area contributed by atoms with Crippen LogP contribution in [0.1, 0.15) is 44.6 Å². The van der Waals surface area contributed by atoms with Gasteiger partial charge in [-0.2, -0.15) is 0 Å². The molecule has 0 nitrogen and oxygen atoms in total. The average molecular weight is 252 g/mol. The molecular weight excluding hydrogens is 228 g/mol. The SMILES string of the molecule is C=C(c1ccccc1)C1(C)C2CC3CC(C2)CC1C3. The predicted octanol–water partition coefficient (Wildman–Crippen LogP) is 5.16. The Hall–Kier alpha value is -1.04. The Morgan fingerprint density at radius 3 is 2.00 bits per heavy atom. The normalized spacial score (nSPS) is 43.4. The quantitative estimate of drug-likeness (QED) is 0.682. The van der Waals surface area contributed by atoms with Crippen LogP contribution in [-0.2, 0) is 0 Å². The van der Waals surface area contributed by atoms with Crippen molar-refractivity contribution in [1.82, 2.24) is 0 Å². The molecule has 0 saturated heterocycles. The van der Waals surface area contributed by atoms with E-state index in [1.165, 1.54) is 43.2 Å². The van der Waals surface area contributed by atoms with Gasteiger partial charge in [-0.05, 0) is 72.3 Å². The van der Waals surface area contributed by atoms with E-state index in [4.69, 9.17) is 0 Å². The predicted molar refractivity (Wildman–Crippen MR) is 80.6 cm³/mol. The van der Waals surface area contributed by atoms with Crippen molar-refractivity contribution >= 4 is 5.57 Å². The van der Waals surface area contributed by atoms with E-state index in [2.05, 4.69) is 43.8 Å². The highest BCUT2D eigenvalue weighted by Crippen LogP contribution is 2.65. The molecule has 5 rings (SSSR count). The molecule has 0 radical (unpaired) electrons. The summed E-state index contributed by atoms with van der Waals surface area (Å²) in [5, 5.41) is 0. The van der Waals surface area contributed by atoms with Gasteiger partial charge in [0.2, 0.25) is 0 Å². The lowest BCUT2D eigenvalue weighted by molar-refractivity contribution is -0.0649. The van der Waals surface area contributed by atoms with Gasteiger partial charge in [0.25, 0.3) is 0 Å². The van der Waals surface area contributed by atoms with Crippen LogP contribution in [0, 0.1) is 29.1 Å². The molecule has 0 aromatic heterocycles. The zero-order chi connectivity index (χ0) is 13.0. The Kier molecular flexibility index (Phi) is 2.46. The van der Waals surface area contributed by atoms with E-state index in [0.717, 1.165) is 23.7 Å². The van der Waals surface area contributed by atoms with Gasteiger partial charge >= 0.3 is 0 Å². The molecule has 0 heterocycles. The zero-order valence-electron chi connectivity index (χ0n) is 11.9. The van der Waals surface area contributed by atoms with Crippen molar-refractivity contribution < 1.29 is 0 Å². The molecule has 0 spiro atoms. The zero-order valence-corrected chi connectivity index (χ0v) is 11.9. The first kappa shape index (κ1) is 11.8. The van der Waals surface area contributed by atoms with Gasteiger partial charge in [0, 0.05) is 0 Å². The van der Waals surface area contributed by atoms with E-state index in [1.807, 2.05) is 0 Å². The summed E-state index contributed by atoms with van der Waals surface area (Å²) < 4.78 is 0. The van der Waals surface area contributed by atoms with Crippen LogP contribution in [0.2, 0.25) is 0 Å². The summed E-state index contributed by atoms with van der Waals surface area (Å²) >= 11 is 0. The maximum Gasteiger partial charge on any atom is -0.00183 e. The first-order valence-electron chi connectivity index (χ1n) is 7.92. The fourth-order valence-corrected chi connectivity index (χ4v) is 5.61. The second-order valence-corrected chi connectivity index (χ2v) is 7.43. The maximum atomic E-state index is 4.54. The minimum absolute atomic E-state index is 0.370. The molecule has 0 aliphatic heterocycles. The Morgan fingerprint density at radius 2 is 1.47 bits per heavy atom. The molecular formula is C19H24. The summed E-state index contributed by atoms with van der Waals surface area (Å²) in [5.41, 5.74) is 3.16. The lowest BCUT2D eigenvalue weighted by Gasteiger charge is -2.61. The molecule has 19 heavy (non-hydrogen) atoms. The molecule has 0 amide bonds. The molecule has 4 aliphatic rings. The fraction of sp³-hybridized carbons (Fsp3) is 0.579. The first-order valence-corrected chi connectivity index (χ1v) is 7.92. The third-order valence-electron chi connectivity index (χ3n) is 6.61. The summed E-state index contributed by atoms with van der Waals surface area (Å²) in [5.74, 6) is 3.88. The monoisotopic (exact) mass is 252 g/mol. The van der Waals surface area contributed by atoms with Crippen molar-refractivity contribution in [3.63, 3.8) is 0 Å². The molecule has 4 aliphatic carbocycles. The van der Waals surface area contributed by atoms with E-state index in [-0.39, 0.29) is 0 Å². The molecule has 4 fully saturated rings. The van der Waals surface area contributed by atoms with Crippen molar-refractivity contribution in [2.45, 2.75) is 39.0 Å². The number of benzene rings is 1. The number of rotatable bonds is 2. The molecule has 1 aromatic rings. The van der Waals surface area contributed by atoms with Gasteiger partial charge in [-0.1, -0.05) is 43.8 Å². The van der Waals surface area contributed by atoms with Gasteiger partial charge < -0.3 is 0 Å². The largest absolute Gasteiger partial charge is 0.0947 e. The molecule has 0 unspecified atom stereocenters. The summed E-state index contributed by atoms with van der Waals surface area (Å²) in [6.07, 6.45) is 7.40. The summed E-state index contributed by atoms with van der Waals surface area (Å²) in [6, 6.07) is 10.9. The van der Waals surface area contributed by atoms with Crippen molar-refractivity contribution in [2.24, 2.45) is 29.1 Å². The molecule has 4 saturated carbocycles. The van der Waals surface area contributed by atoms with Gasteiger partial charge in [0.1, 0.15) is 0 Å².